The molecule has 0 amide bonds. The monoisotopic (exact) mass is 387 g/mol. The molecule has 29 heavy (non-hydrogen) atoms. The molecule has 0 saturated carbocycles. The molecule has 148 valence electrons. The Morgan fingerprint density at radius 1 is 1.07 bits per heavy atom. The Balaban J connectivity index is 1.52. The Labute approximate surface area is 170 Å². The van der Waals surface area contributed by atoms with Crippen LogP contribution in [0.15, 0.2) is 72.5 Å². The van der Waals surface area contributed by atoms with E-state index in [0.717, 1.165) is 35.2 Å². The van der Waals surface area contributed by atoms with Crippen molar-refractivity contribution in [3.8, 4) is 5.75 Å². The molecule has 1 atom stereocenters. The Morgan fingerprint density at radius 2 is 1.83 bits per heavy atom. The van der Waals surface area contributed by atoms with Crippen molar-refractivity contribution in [1.29, 1.82) is 0 Å². The van der Waals surface area contributed by atoms with Crippen LogP contribution in [0.5, 0.6) is 5.75 Å². The first-order valence-corrected chi connectivity index (χ1v) is 9.95. The van der Waals surface area contributed by atoms with Crippen molar-refractivity contribution < 1.29 is 4.74 Å². The molecule has 6 heteroatoms. The van der Waals surface area contributed by atoms with Gasteiger partial charge in [0.1, 0.15) is 25.0 Å². The van der Waals surface area contributed by atoms with Gasteiger partial charge in [0.05, 0.1) is 12.8 Å². The fraction of sp³-hybridized carbons (Fsp3) is 0.261. The molecule has 0 bridgehead atoms. The smallest absolute Gasteiger partial charge is 0.141 e. The van der Waals surface area contributed by atoms with E-state index in [4.69, 9.17) is 4.74 Å². The van der Waals surface area contributed by atoms with E-state index < -0.39 is 0 Å². The minimum Gasteiger partial charge on any atom is -0.491 e. The summed E-state index contributed by atoms with van der Waals surface area (Å²) >= 11 is 0. The molecule has 0 fully saturated rings. The van der Waals surface area contributed by atoms with E-state index in [-0.39, 0.29) is 0 Å². The predicted molar refractivity (Wildman–Crippen MR) is 116 cm³/mol. The molecule has 0 N–H and O–H groups in total. The molecule has 1 unspecified atom stereocenters. The minimum absolute atomic E-state index is 0.485. The molecule has 6 nitrogen and oxygen atoms in total. The first kappa shape index (κ1) is 18.9. The average Bonchev–Trinajstić information content (AvgIpc) is 3.40. The topological polar surface area (TPSA) is 57.2 Å². The van der Waals surface area contributed by atoms with Gasteiger partial charge in [-0.05, 0) is 30.0 Å². The fourth-order valence-electron chi connectivity index (χ4n) is 3.44. The zero-order valence-corrected chi connectivity index (χ0v) is 16.8. The number of nitrogens with zero attached hydrogens (tertiary/aromatic N) is 5. The number of aromatic nitrogens is 4. The summed E-state index contributed by atoms with van der Waals surface area (Å²) in [7, 11) is 0. The second kappa shape index (κ2) is 8.73. The second-order valence-electron chi connectivity index (χ2n) is 7.08. The van der Waals surface area contributed by atoms with E-state index in [1.165, 1.54) is 5.56 Å². The Kier molecular flexibility index (Phi) is 5.70. The molecule has 0 aliphatic heterocycles. The molecule has 0 saturated heterocycles. The van der Waals surface area contributed by atoms with E-state index in [2.05, 4.69) is 76.3 Å². The number of hydrogen-bond donors (Lipinski definition) is 0. The van der Waals surface area contributed by atoms with Crippen molar-refractivity contribution in [2.45, 2.75) is 32.7 Å². The molecule has 2 heterocycles. The van der Waals surface area contributed by atoms with E-state index in [9.17, 15) is 0 Å². The third kappa shape index (κ3) is 4.21. The Bertz CT molecular complexity index is 1100. The van der Waals surface area contributed by atoms with Gasteiger partial charge < -0.3 is 9.30 Å². The SMILES string of the molecule is CCC(C)c1ccccc1OCCn1cc(/C=N/n2cnnc2)c2ccccc21. The van der Waals surface area contributed by atoms with Crippen molar-refractivity contribution in [2.75, 3.05) is 6.61 Å². The number of benzene rings is 2. The summed E-state index contributed by atoms with van der Waals surface area (Å²) in [4.78, 5) is 0. The molecule has 2 aromatic carbocycles. The predicted octanol–water partition coefficient (Wildman–Crippen LogP) is 4.71. The van der Waals surface area contributed by atoms with Gasteiger partial charge >= 0.3 is 0 Å². The zero-order valence-electron chi connectivity index (χ0n) is 16.8. The summed E-state index contributed by atoms with van der Waals surface area (Å²) < 4.78 is 9.97. The molecular formula is C23H25N5O. The average molecular weight is 387 g/mol. The normalized spacial score (nSPS) is 12.6. The number of rotatable bonds is 8. The molecule has 4 aromatic rings. The van der Waals surface area contributed by atoms with Crippen LogP contribution in [0.25, 0.3) is 10.9 Å². The summed E-state index contributed by atoms with van der Waals surface area (Å²) in [6, 6.07) is 16.7. The van der Waals surface area contributed by atoms with Gasteiger partial charge in [0.15, 0.2) is 0 Å². The van der Waals surface area contributed by atoms with Crippen LogP contribution in [0.1, 0.15) is 37.3 Å². The maximum atomic E-state index is 6.17. The molecule has 4 rings (SSSR count). The van der Waals surface area contributed by atoms with Crippen LogP contribution in [-0.4, -0.2) is 32.3 Å². The maximum absolute atomic E-state index is 6.17. The molecule has 0 radical (unpaired) electrons. The summed E-state index contributed by atoms with van der Waals surface area (Å²) in [5.41, 5.74) is 3.49. The number of para-hydroxylation sites is 2. The molecule has 0 aliphatic rings. The van der Waals surface area contributed by atoms with Gasteiger partial charge in [-0.1, -0.05) is 50.2 Å². The first-order valence-electron chi connectivity index (χ1n) is 9.95. The summed E-state index contributed by atoms with van der Waals surface area (Å²) in [5.74, 6) is 1.46. The molecular weight excluding hydrogens is 362 g/mol. The van der Waals surface area contributed by atoms with Gasteiger partial charge in [0, 0.05) is 22.7 Å². The Morgan fingerprint density at radius 3 is 2.66 bits per heavy atom. The van der Waals surface area contributed by atoms with Crippen molar-refractivity contribution in [2.24, 2.45) is 5.10 Å². The van der Waals surface area contributed by atoms with Crippen LogP contribution in [0.2, 0.25) is 0 Å². The maximum Gasteiger partial charge on any atom is 0.141 e. The summed E-state index contributed by atoms with van der Waals surface area (Å²) in [6.45, 7) is 5.81. The number of hydrogen-bond acceptors (Lipinski definition) is 4. The lowest BCUT2D eigenvalue weighted by molar-refractivity contribution is 0.296. The highest BCUT2D eigenvalue weighted by Gasteiger charge is 2.10. The molecule has 0 aliphatic carbocycles. The lowest BCUT2D eigenvalue weighted by atomic mass is 9.98. The lowest BCUT2D eigenvalue weighted by Gasteiger charge is -2.16. The first-order chi connectivity index (χ1) is 14.3. The summed E-state index contributed by atoms with van der Waals surface area (Å²) in [5, 5.41) is 13.1. The van der Waals surface area contributed by atoms with Gasteiger partial charge in [0.2, 0.25) is 0 Å². The lowest BCUT2D eigenvalue weighted by Crippen LogP contribution is -2.09. The van der Waals surface area contributed by atoms with E-state index >= 15 is 0 Å². The van der Waals surface area contributed by atoms with Crippen LogP contribution < -0.4 is 4.74 Å². The highest BCUT2D eigenvalue weighted by Crippen LogP contribution is 2.28. The highest BCUT2D eigenvalue weighted by molar-refractivity contribution is 5.99. The largest absolute Gasteiger partial charge is 0.491 e. The fourth-order valence-corrected chi connectivity index (χ4v) is 3.44. The van der Waals surface area contributed by atoms with Crippen LogP contribution in [0, 0.1) is 0 Å². The second-order valence-corrected chi connectivity index (χ2v) is 7.08. The number of ether oxygens (including phenoxy) is 1. The van der Waals surface area contributed by atoms with Gasteiger partial charge in [0.25, 0.3) is 0 Å². The van der Waals surface area contributed by atoms with Crippen LogP contribution in [0.4, 0.5) is 0 Å². The highest BCUT2D eigenvalue weighted by atomic mass is 16.5. The van der Waals surface area contributed by atoms with E-state index in [1.54, 1.807) is 17.3 Å². The standard InChI is InChI=1S/C23H25N5O/c1-3-18(2)20-8-5-7-11-23(20)29-13-12-27-15-19(14-26-28-16-24-25-17-28)21-9-4-6-10-22(21)27/h4-11,14-18H,3,12-13H2,1-2H3/b26-14+. The van der Waals surface area contributed by atoms with Crippen molar-refractivity contribution >= 4 is 17.1 Å². The van der Waals surface area contributed by atoms with Gasteiger partial charge in [-0.25, -0.2) is 4.68 Å². The zero-order chi connectivity index (χ0) is 20.1. The van der Waals surface area contributed by atoms with Crippen molar-refractivity contribution in [3.05, 3.63) is 78.5 Å². The van der Waals surface area contributed by atoms with Crippen LogP contribution in [-0.2, 0) is 6.54 Å². The van der Waals surface area contributed by atoms with Crippen LogP contribution >= 0.6 is 0 Å². The van der Waals surface area contributed by atoms with Crippen molar-refractivity contribution in [3.63, 3.8) is 0 Å². The van der Waals surface area contributed by atoms with Gasteiger partial charge in [-0.3, -0.25) is 0 Å². The van der Waals surface area contributed by atoms with Gasteiger partial charge in [-0.2, -0.15) is 5.10 Å². The molecule has 2 aromatic heterocycles. The third-order valence-corrected chi connectivity index (χ3v) is 5.21. The van der Waals surface area contributed by atoms with E-state index in [1.807, 2.05) is 18.3 Å². The molecule has 0 spiro atoms. The quantitative estimate of drug-likeness (QED) is 0.412. The van der Waals surface area contributed by atoms with E-state index in [0.29, 0.717) is 12.5 Å². The van der Waals surface area contributed by atoms with Crippen molar-refractivity contribution in [1.82, 2.24) is 19.4 Å². The Hall–Kier alpha value is -3.41. The van der Waals surface area contributed by atoms with Gasteiger partial charge in [-0.15, -0.1) is 10.2 Å². The summed E-state index contributed by atoms with van der Waals surface area (Å²) in [6.07, 6.45) is 8.18. The number of fused-ring (bicyclic) bond motifs is 1. The minimum atomic E-state index is 0.485. The third-order valence-electron chi connectivity index (χ3n) is 5.21. The van der Waals surface area contributed by atoms with Crippen LogP contribution in [0.3, 0.4) is 0 Å².